The molecule has 8 heteroatoms. The number of aromatic hydroxyl groups is 1. The van der Waals surface area contributed by atoms with Gasteiger partial charge in [0.25, 0.3) is 11.8 Å². The van der Waals surface area contributed by atoms with Gasteiger partial charge < -0.3 is 9.84 Å². The van der Waals surface area contributed by atoms with Crippen molar-refractivity contribution in [1.82, 2.24) is 10.8 Å². The molecular formula is C21H22N2O6. The zero-order valence-electron chi connectivity index (χ0n) is 16.0. The predicted molar refractivity (Wildman–Crippen MR) is 104 cm³/mol. The van der Waals surface area contributed by atoms with Gasteiger partial charge >= 0.3 is 6.09 Å². The molecule has 4 N–H and O–H groups in total. The number of rotatable bonds is 6. The predicted octanol–water partition coefficient (Wildman–Crippen LogP) is 3.09. The van der Waals surface area contributed by atoms with E-state index < -0.39 is 29.4 Å². The Hall–Kier alpha value is -3.65. The Morgan fingerprint density at radius 1 is 1.03 bits per heavy atom. The molecule has 3 amide bonds. The molecule has 29 heavy (non-hydrogen) atoms. The lowest BCUT2D eigenvalue weighted by Gasteiger charge is -2.31. The normalized spacial score (nSPS) is 12.2. The summed E-state index contributed by atoms with van der Waals surface area (Å²) in [5, 5.41) is 20.3. The van der Waals surface area contributed by atoms with Crippen LogP contribution in [0.1, 0.15) is 35.9 Å². The van der Waals surface area contributed by atoms with Gasteiger partial charge in [-0.05, 0) is 29.8 Å². The third kappa shape index (κ3) is 6.18. The average Bonchev–Trinajstić information content (AvgIpc) is 2.71. The summed E-state index contributed by atoms with van der Waals surface area (Å²) in [6.45, 7) is 3.41. The molecular weight excluding hydrogens is 376 g/mol. The number of phenolic OH excluding ortho intramolecular Hbond substituents is 1. The lowest BCUT2D eigenvalue weighted by atomic mass is 9.82. The van der Waals surface area contributed by atoms with E-state index >= 15 is 0 Å². The highest BCUT2D eigenvalue weighted by Gasteiger charge is 2.33. The smallest absolute Gasteiger partial charge is 0.414 e. The molecule has 152 valence electrons. The molecule has 0 radical (unpaired) electrons. The fourth-order valence-electron chi connectivity index (χ4n) is 2.60. The Morgan fingerprint density at radius 3 is 2.24 bits per heavy atom. The first-order chi connectivity index (χ1) is 13.7. The Morgan fingerprint density at radius 2 is 1.66 bits per heavy atom. The second-order valence-corrected chi connectivity index (χ2v) is 6.83. The van der Waals surface area contributed by atoms with Gasteiger partial charge in [0.1, 0.15) is 11.9 Å². The van der Waals surface area contributed by atoms with Crippen LogP contribution >= 0.6 is 0 Å². The minimum absolute atomic E-state index is 0.0317. The molecule has 0 aliphatic heterocycles. The number of imide groups is 1. The van der Waals surface area contributed by atoms with Crippen LogP contribution in [0.2, 0.25) is 0 Å². The monoisotopic (exact) mass is 398 g/mol. The van der Waals surface area contributed by atoms with Crippen molar-refractivity contribution in [1.29, 1.82) is 0 Å². The van der Waals surface area contributed by atoms with Gasteiger partial charge in [0, 0.05) is 17.1 Å². The quantitative estimate of drug-likeness (QED) is 0.337. The number of alkyl carbamates (subject to hydrolysis) is 1. The van der Waals surface area contributed by atoms with Gasteiger partial charge in [0.2, 0.25) is 0 Å². The number of ether oxygens (including phenoxy) is 1. The van der Waals surface area contributed by atoms with Crippen molar-refractivity contribution in [2.45, 2.75) is 20.0 Å². The summed E-state index contributed by atoms with van der Waals surface area (Å²) in [7, 11) is 0. The summed E-state index contributed by atoms with van der Waals surface area (Å²) < 4.78 is 5.50. The second kappa shape index (κ2) is 9.52. The van der Waals surface area contributed by atoms with Gasteiger partial charge in [0.05, 0.1) is 0 Å². The molecule has 2 aromatic carbocycles. The number of hydroxylamine groups is 1. The maximum atomic E-state index is 12.4. The van der Waals surface area contributed by atoms with Gasteiger partial charge in [-0.25, -0.2) is 10.3 Å². The van der Waals surface area contributed by atoms with Crippen LogP contribution in [0.3, 0.4) is 0 Å². The molecule has 0 fully saturated rings. The molecule has 0 heterocycles. The van der Waals surface area contributed by atoms with E-state index in [1.165, 1.54) is 23.7 Å². The van der Waals surface area contributed by atoms with Crippen LogP contribution in [0.25, 0.3) is 0 Å². The molecule has 0 aliphatic carbocycles. The van der Waals surface area contributed by atoms with Crippen molar-refractivity contribution in [3.05, 3.63) is 77.9 Å². The fraction of sp³-hybridized carbons (Fsp3) is 0.190. The summed E-state index contributed by atoms with van der Waals surface area (Å²) in [4.78, 5) is 35.9. The minimum atomic E-state index is -0.968. The van der Waals surface area contributed by atoms with Crippen LogP contribution in [0.4, 0.5) is 4.79 Å². The van der Waals surface area contributed by atoms with Gasteiger partial charge in [-0.15, -0.1) is 0 Å². The number of phenols is 1. The standard InChI is InChI=1S/C21H22N2O6/c1-21(2,13-12-17(25)23-28)18(14-8-10-16(24)11-9-14)29-20(27)22-19(26)15-6-4-3-5-7-15/h3-13,18,24,28H,1-2H3,(H,23,25)(H,22,26,27)/b13-12+/t18-/m0/s1. The molecule has 8 nitrogen and oxygen atoms in total. The Kier molecular flexibility index (Phi) is 7.10. The average molecular weight is 398 g/mol. The van der Waals surface area contributed by atoms with Crippen LogP contribution in [0.5, 0.6) is 5.75 Å². The van der Waals surface area contributed by atoms with E-state index in [1.54, 1.807) is 56.3 Å². The van der Waals surface area contributed by atoms with E-state index in [9.17, 15) is 19.5 Å². The van der Waals surface area contributed by atoms with Crippen molar-refractivity contribution in [2.75, 3.05) is 0 Å². The number of hydrogen-bond donors (Lipinski definition) is 4. The van der Waals surface area contributed by atoms with Crippen molar-refractivity contribution in [3.8, 4) is 5.75 Å². The number of amides is 3. The third-order valence-electron chi connectivity index (χ3n) is 4.12. The highest BCUT2D eigenvalue weighted by Crippen LogP contribution is 2.38. The summed E-state index contributed by atoms with van der Waals surface area (Å²) in [5.74, 6) is -1.33. The molecule has 2 aromatic rings. The lowest BCUT2D eigenvalue weighted by molar-refractivity contribution is -0.124. The number of hydrogen-bond acceptors (Lipinski definition) is 6. The number of nitrogens with one attached hydrogen (secondary N) is 2. The second-order valence-electron chi connectivity index (χ2n) is 6.83. The first-order valence-corrected chi connectivity index (χ1v) is 8.72. The summed E-state index contributed by atoms with van der Waals surface area (Å²) in [5.41, 5.74) is 1.41. The van der Waals surface area contributed by atoms with Crippen LogP contribution < -0.4 is 10.8 Å². The summed E-state index contributed by atoms with van der Waals surface area (Å²) in [6, 6.07) is 14.2. The molecule has 1 atom stereocenters. The van der Waals surface area contributed by atoms with Gasteiger partial charge in [0.15, 0.2) is 0 Å². The van der Waals surface area contributed by atoms with Crippen molar-refractivity contribution < 1.29 is 29.4 Å². The molecule has 0 saturated heterocycles. The van der Waals surface area contributed by atoms with E-state index in [-0.39, 0.29) is 5.75 Å². The highest BCUT2D eigenvalue weighted by atomic mass is 16.6. The van der Waals surface area contributed by atoms with Gasteiger partial charge in [-0.2, -0.15) is 0 Å². The molecule has 0 aliphatic rings. The maximum Gasteiger partial charge on any atom is 0.414 e. The first kappa shape index (κ1) is 21.6. The van der Waals surface area contributed by atoms with Crippen molar-refractivity contribution in [2.24, 2.45) is 5.41 Å². The molecule has 0 spiro atoms. The Balaban J connectivity index is 2.24. The van der Waals surface area contributed by atoms with Gasteiger partial charge in [-0.3, -0.25) is 20.1 Å². The molecule has 0 unspecified atom stereocenters. The molecule has 2 rings (SSSR count). The summed E-state index contributed by atoms with van der Waals surface area (Å²) in [6.07, 6.45) is 0.686. The lowest BCUT2D eigenvalue weighted by Crippen LogP contribution is -2.35. The van der Waals surface area contributed by atoms with E-state index in [1.807, 2.05) is 0 Å². The Bertz CT molecular complexity index is 891. The maximum absolute atomic E-state index is 12.4. The zero-order chi connectivity index (χ0) is 21.4. The number of benzene rings is 2. The van der Waals surface area contributed by atoms with Crippen LogP contribution in [0, 0.1) is 5.41 Å². The Labute approximate surface area is 167 Å². The summed E-state index contributed by atoms with van der Waals surface area (Å²) >= 11 is 0. The molecule has 0 bridgehead atoms. The van der Waals surface area contributed by atoms with Gasteiger partial charge in [-0.1, -0.05) is 50.3 Å². The zero-order valence-corrected chi connectivity index (χ0v) is 16.0. The molecule has 0 aromatic heterocycles. The fourth-order valence-corrected chi connectivity index (χ4v) is 2.60. The van der Waals surface area contributed by atoms with E-state index in [0.717, 1.165) is 6.08 Å². The minimum Gasteiger partial charge on any atom is -0.508 e. The first-order valence-electron chi connectivity index (χ1n) is 8.72. The van der Waals surface area contributed by atoms with E-state index in [2.05, 4.69) is 5.32 Å². The van der Waals surface area contributed by atoms with E-state index in [0.29, 0.717) is 11.1 Å². The van der Waals surface area contributed by atoms with E-state index in [4.69, 9.17) is 9.94 Å². The number of carbonyl (C=O) groups excluding carboxylic acids is 3. The van der Waals surface area contributed by atoms with Crippen LogP contribution in [-0.4, -0.2) is 28.2 Å². The SMILES string of the molecule is CC(C)(/C=C/C(=O)NO)[C@@H](OC(=O)NC(=O)c1ccccc1)c1ccc(O)cc1. The van der Waals surface area contributed by atoms with Crippen molar-refractivity contribution >= 4 is 17.9 Å². The number of carbonyl (C=O) groups is 3. The van der Waals surface area contributed by atoms with Crippen molar-refractivity contribution in [3.63, 3.8) is 0 Å². The van der Waals surface area contributed by atoms with Crippen LogP contribution in [-0.2, 0) is 9.53 Å². The van der Waals surface area contributed by atoms with Crippen LogP contribution in [0.15, 0.2) is 66.7 Å². The largest absolute Gasteiger partial charge is 0.508 e. The third-order valence-corrected chi connectivity index (χ3v) is 4.12. The topological polar surface area (TPSA) is 125 Å². The molecule has 0 saturated carbocycles. The highest BCUT2D eigenvalue weighted by molar-refractivity contribution is 6.02.